The normalized spacial score (nSPS) is 11.8. The van der Waals surface area contributed by atoms with Crippen LogP contribution in [0.25, 0.3) is 10.9 Å². The Morgan fingerprint density at radius 3 is 2.46 bits per heavy atom. The topological polar surface area (TPSA) is 162 Å². The molecule has 11 nitrogen and oxygen atoms in total. The van der Waals surface area contributed by atoms with Gasteiger partial charge in [-0.1, -0.05) is 6.07 Å². The molecule has 3 aromatic rings. The minimum absolute atomic E-state index is 0.00182. The van der Waals surface area contributed by atoms with Crippen LogP contribution < -0.4 is 30.4 Å². The van der Waals surface area contributed by atoms with Gasteiger partial charge in [-0.05, 0) is 42.8 Å². The van der Waals surface area contributed by atoms with Gasteiger partial charge in [0.1, 0.15) is 18.5 Å². The highest BCUT2D eigenvalue weighted by molar-refractivity contribution is 6.04. The number of pyridine rings is 1. The lowest BCUT2D eigenvalue weighted by atomic mass is 10.1. The van der Waals surface area contributed by atoms with Crippen LogP contribution in [0.4, 0.5) is 5.69 Å². The van der Waals surface area contributed by atoms with Crippen LogP contribution in [0, 0.1) is 0 Å². The zero-order valence-electron chi connectivity index (χ0n) is 19.7. The molecule has 0 radical (unpaired) electrons. The van der Waals surface area contributed by atoms with Gasteiger partial charge in [-0.25, -0.2) is 0 Å². The van der Waals surface area contributed by atoms with E-state index in [1.54, 1.807) is 14.2 Å². The summed E-state index contributed by atoms with van der Waals surface area (Å²) in [7, 11) is 3.15. The average Bonchev–Trinajstić information content (AvgIpc) is 2.84. The second-order valence-corrected chi connectivity index (χ2v) is 7.80. The van der Waals surface area contributed by atoms with Gasteiger partial charge in [-0.2, -0.15) is 0 Å². The molecule has 1 unspecified atom stereocenters. The number of benzene rings is 2. The summed E-state index contributed by atoms with van der Waals surface area (Å²) < 4.78 is 16.2. The number of nitrogens with one attached hydrogen (secondary N) is 3. The van der Waals surface area contributed by atoms with Gasteiger partial charge in [0.05, 0.1) is 30.8 Å². The number of aromatic hydroxyl groups is 2. The molecule has 0 saturated carbocycles. The highest BCUT2D eigenvalue weighted by atomic mass is 16.5. The molecule has 6 N–H and O–H groups in total. The number of anilines is 1. The van der Waals surface area contributed by atoms with Crippen molar-refractivity contribution in [1.29, 1.82) is 0 Å². The van der Waals surface area contributed by atoms with Crippen LogP contribution >= 0.6 is 0 Å². The fourth-order valence-electron chi connectivity index (χ4n) is 3.54. The number of aromatic amines is 1. The van der Waals surface area contributed by atoms with E-state index in [1.807, 2.05) is 18.2 Å². The van der Waals surface area contributed by atoms with Crippen LogP contribution in [-0.2, 0) is 11.2 Å². The highest BCUT2D eigenvalue weighted by Gasteiger charge is 2.19. The summed E-state index contributed by atoms with van der Waals surface area (Å²) in [5.74, 6) is -0.539. The third kappa shape index (κ3) is 6.14. The van der Waals surface area contributed by atoms with Gasteiger partial charge in [0.25, 0.3) is 5.56 Å². The van der Waals surface area contributed by atoms with E-state index >= 15 is 0 Å². The number of amides is 1. The van der Waals surface area contributed by atoms with Gasteiger partial charge >= 0.3 is 0 Å². The summed E-state index contributed by atoms with van der Waals surface area (Å²) in [4.78, 5) is 25.8. The molecule has 0 aliphatic rings. The van der Waals surface area contributed by atoms with Crippen LogP contribution in [0.1, 0.15) is 12.5 Å². The zero-order valence-corrected chi connectivity index (χ0v) is 19.7. The van der Waals surface area contributed by atoms with Gasteiger partial charge in [0, 0.05) is 13.5 Å². The van der Waals surface area contributed by atoms with E-state index in [9.17, 15) is 24.9 Å². The second-order valence-electron chi connectivity index (χ2n) is 7.80. The molecule has 0 spiro atoms. The third-order valence-corrected chi connectivity index (χ3v) is 5.24. The first-order valence-corrected chi connectivity index (χ1v) is 10.9. The Morgan fingerprint density at radius 1 is 1.06 bits per heavy atom. The number of hydrogen-bond acceptors (Lipinski definition) is 9. The monoisotopic (exact) mass is 487 g/mol. The lowest BCUT2D eigenvalue weighted by Gasteiger charge is -2.17. The molecule has 3 rings (SSSR count). The Balaban J connectivity index is 1.61. The summed E-state index contributed by atoms with van der Waals surface area (Å²) in [5, 5.41) is 36.2. The number of aliphatic hydroxyl groups excluding tert-OH is 1. The lowest BCUT2D eigenvalue weighted by Crippen LogP contribution is -2.32. The fraction of sp³-hybridized carbons (Fsp3) is 0.333. The van der Waals surface area contributed by atoms with Crippen LogP contribution in [0.2, 0.25) is 0 Å². The number of aromatic nitrogens is 1. The summed E-state index contributed by atoms with van der Waals surface area (Å²) in [6.07, 6.45) is -0.187. The van der Waals surface area contributed by atoms with Crippen molar-refractivity contribution in [3.63, 3.8) is 0 Å². The third-order valence-electron chi connectivity index (χ3n) is 5.24. The predicted octanol–water partition coefficient (Wildman–Crippen LogP) is 1.49. The lowest BCUT2D eigenvalue weighted by molar-refractivity contribution is -0.114. The molecule has 1 atom stereocenters. The molecular formula is C24H29N3O8. The van der Waals surface area contributed by atoms with Crippen LogP contribution in [0.15, 0.2) is 35.1 Å². The molecule has 0 fully saturated rings. The van der Waals surface area contributed by atoms with Crippen molar-refractivity contribution in [3.8, 4) is 28.7 Å². The van der Waals surface area contributed by atoms with Crippen LogP contribution in [-0.4, -0.2) is 66.2 Å². The second kappa shape index (κ2) is 11.4. The smallest absolute Gasteiger partial charge is 0.294 e. The number of methoxy groups -OCH3 is 2. The highest BCUT2D eigenvalue weighted by Crippen LogP contribution is 2.39. The summed E-state index contributed by atoms with van der Waals surface area (Å²) >= 11 is 0. The van der Waals surface area contributed by atoms with Crippen molar-refractivity contribution in [2.24, 2.45) is 0 Å². The molecule has 0 bridgehead atoms. The molecule has 0 aliphatic carbocycles. The van der Waals surface area contributed by atoms with E-state index in [1.165, 1.54) is 19.1 Å². The maximum atomic E-state index is 11.9. The summed E-state index contributed by atoms with van der Waals surface area (Å²) in [6.45, 7) is 2.00. The van der Waals surface area contributed by atoms with Crippen LogP contribution in [0.5, 0.6) is 28.7 Å². The molecule has 35 heavy (non-hydrogen) atoms. The van der Waals surface area contributed by atoms with Crippen molar-refractivity contribution < 1.29 is 34.3 Å². The molecule has 188 valence electrons. The van der Waals surface area contributed by atoms with Crippen molar-refractivity contribution >= 4 is 22.5 Å². The fourth-order valence-corrected chi connectivity index (χ4v) is 3.54. The molecule has 1 amide bonds. The number of rotatable bonds is 11. The molecule has 1 heterocycles. The molecule has 11 heteroatoms. The van der Waals surface area contributed by atoms with E-state index in [0.717, 1.165) is 5.56 Å². The molecular weight excluding hydrogens is 458 g/mol. The zero-order chi connectivity index (χ0) is 25.5. The standard InChI is InChI=1S/C24H29N3O8/c1-13(28)26-16-5-7-18(20-21(16)27-24(32)23(31)22(20)30)35-12-15(29)11-25-9-8-14-4-6-17(33-2)19(10-14)34-3/h4-7,10,15,25,29,31H,8-9,11-12H2,1-3H3,(H,26,28)(H2,27,30,32). The van der Waals surface area contributed by atoms with E-state index in [-0.39, 0.29) is 41.4 Å². The van der Waals surface area contributed by atoms with Gasteiger partial charge in [0.15, 0.2) is 17.2 Å². The Bertz CT molecular complexity index is 1260. The minimum Gasteiger partial charge on any atom is -0.504 e. The quantitative estimate of drug-likeness (QED) is 0.220. The first kappa shape index (κ1) is 25.7. The van der Waals surface area contributed by atoms with Gasteiger partial charge < -0.3 is 45.1 Å². The average molecular weight is 488 g/mol. The number of fused-ring (bicyclic) bond motifs is 1. The minimum atomic E-state index is -0.919. The van der Waals surface area contributed by atoms with Gasteiger partial charge in [0.2, 0.25) is 11.7 Å². The molecule has 2 aromatic carbocycles. The number of ether oxygens (including phenoxy) is 3. The Morgan fingerprint density at radius 2 is 1.77 bits per heavy atom. The number of hydrogen-bond donors (Lipinski definition) is 6. The molecule has 0 aliphatic heterocycles. The van der Waals surface area contributed by atoms with Crippen LogP contribution in [0.3, 0.4) is 0 Å². The van der Waals surface area contributed by atoms with E-state index in [2.05, 4.69) is 15.6 Å². The Kier molecular flexibility index (Phi) is 8.39. The van der Waals surface area contributed by atoms with Crippen molar-refractivity contribution in [2.45, 2.75) is 19.4 Å². The molecule has 1 aromatic heterocycles. The molecule has 0 saturated heterocycles. The maximum absolute atomic E-state index is 11.9. The Labute approximate surface area is 201 Å². The maximum Gasteiger partial charge on any atom is 0.294 e. The SMILES string of the molecule is COc1ccc(CCNCC(O)COc2ccc(NC(C)=O)c3[nH]c(=O)c(O)c(O)c23)cc1OC. The summed E-state index contributed by atoms with van der Waals surface area (Å²) in [6, 6.07) is 8.60. The van der Waals surface area contributed by atoms with Crippen molar-refractivity contribution in [2.75, 3.05) is 39.2 Å². The largest absolute Gasteiger partial charge is 0.504 e. The number of aliphatic hydroxyl groups is 1. The van der Waals surface area contributed by atoms with E-state index in [4.69, 9.17) is 14.2 Å². The number of carbonyl (C=O) groups is 1. The first-order chi connectivity index (χ1) is 16.7. The summed E-state index contributed by atoms with van der Waals surface area (Å²) in [5.41, 5.74) is 0.429. The Hall–Kier alpha value is -3.96. The predicted molar refractivity (Wildman–Crippen MR) is 130 cm³/mol. The number of H-pyrrole nitrogens is 1. The van der Waals surface area contributed by atoms with E-state index in [0.29, 0.717) is 24.5 Å². The first-order valence-electron chi connectivity index (χ1n) is 10.9. The van der Waals surface area contributed by atoms with Gasteiger partial charge in [-0.15, -0.1) is 0 Å². The number of carbonyl (C=O) groups excluding carboxylic acids is 1. The van der Waals surface area contributed by atoms with E-state index < -0.39 is 23.2 Å². The van der Waals surface area contributed by atoms with Gasteiger partial charge in [-0.3, -0.25) is 9.59 Å². The van der Waals surface area contributed by atoms with Crippen molar-refractivity contribution in [3.05, 3.63) is 46.2 Å². The van der Waals surface area contributed by atoms with Crippen molar-refractivity contribution in [1.82, 2.24) is 10.3 Å².